The molecule has 4 rings (SSSR count). The molecule has 1 N–H and O–H groups in total. The molecule has 4 aromatic rings. The van der Waals surface area contributed by atoms with Crippen molar-refractivity contribution in [2.75, 3.05) is 0 Å². The first-order chi connectivity index (χ1) is 14.1. The highest BCUT2D eigenvalue weighted by molar-refractivity contribution is 6.32. The number of benzene rings is 2. The number of para-hydroxylation sites is 1. The average molecular weight is 404 g/mol. The number of carbonyl (C=O) groups excluding carboxylic acids is 1. The lowest BCUT2D eigenvalue weighted by molar-refractivity contribution is 0.0946. The zero-order valence-corrected chi connectivity index (χ0v) is 16.5. The van der Waals surface area contributed by atoms with E-state index < -0.39 is 0 Å². The second kappa shape index (κ2) is 8.24. The van der Waals surface area contributed by atoms with Crippen molar-refractivity contribution in [2.45, 2.75) is 13.5 Å². The molecule has 29 heavy (non-hydrogen) atoms. The summed E-state index contributed by atoms with van der Waals surface area (Å²) in [6, 6.07) is 18.9. The first-order valence-corrected chi connectivity index (χ1v) is 9.46. The molecule has 2 heterocycles. The predicted molar refractivity (Wildman–Crippen MR) is 112 cm³/mol. The minimum atomic E-state index is -0.317. The highest BCUT2D eigenvalue weighted by Gasteiger charge is 2.23. The van der Waals surface area contributed by atoms with E-state index in [2.05, 4.69) is 20.6 Å². The summed E-state index contributed by atoms with van der Waals surface area (Å²) in [4.78, 5) is 17.1. The van der Waals surface area contributed by atoms with E-state index in [1.54, 1.807) is 29.2 Å². The molecule has 6 nitrogen and oxygen atoms in total. The summed E-state index contributed by atoms with van der Waals surface area (Å²) >= 11 is 6.36. The van der Waals surface area contributed by atoms with Crippen LogP contribution in [-0.2, 0) is 6.54 Å². The van der Waals surface area contributed by atoms with Gasteiger partial charge in [-0.25, -0.2) is 4.68 Å². The van der Waals surface area contributed by atoms with E-state index >= 15 is 0 Å². The standard InChI is InChI=1S/C22H18ClN5O/c1-15-8-10-16(11-9-15)13-25-22(29)20-21(17-5-4-12-24-14-17)28(27-26-20)19-7-3-2-6-18(19)23/h2-12,14H,13H2,1H3,(H,25,29). The van der Waals surface area contributed by atoms with E-state index in [9.17, 15) is 4.79 Å². The number of nitrogens with one attached hydrogen (secondary N) is 1. The molecule has 0 spiro atoms. The van der Waals surface area contributed by atoms with Crippen LogP contribution >= 0.6 is 11.6 Å². The second-order valence-corrected chi connectivity index (χ2v) is 6.97. The lowest BCUT2D eigenvalue weighted by Crippen LogP contribution is -2.24. The van der Waals surface area contributed by atoms with Crippen LogP contribution in [-0.4, -0.2) is 25.9 Å². The fourth-order valence-electron chi connectivity index (χ4n) is 2.96. The largest absolute Gasteiger partial charge is 0.346 e. The number of hydrogen-bond acceptors (Lipinski definition) is 4. The van der Waals surface area contributed by atoms with Gasteiger partial charge in [0.25, 0.3) is 5.91 Å². The number of amides is 1. The number of carbonyl (C=O) groups is 1. The van der Waals surface area contributed by atoms with Crippen LogP contribution in [0.3, 0.4) is 0 Å². The predicted octanol–water partition coefficient (Wildman–Crippen LogP) is 4.22. The Kier molecular flexibility index (Phi) is 5.35. The monoisotopic (exact) mass is 403 g/mol. The van der Waals surface area contributed by atoms with Gasteiger partial charge in [0.05, 0.1) is 10.7 Å². The van der Waals surface area contributed by atoms with Gasteiger partial charge in [0, 0.05) is 24.5 Å². The molecule has 144 valence electrons. The van der Waals surface area contributed by atoms with Crippen molar-refractivity contribution in [1.82, 2.24) is 25.3 Å². The number of nitrogens with zero attached hydrogens (tertiary/aromatic N) is 4. The number of hydrogen-bond donors (Lipinski definition) is 1. The molecule has 0 fully saturated rings. The second-order valence-electron chi connectivity index (χ2n) is 6.56. The Morgan fingerprint density at radius 3 is 2.59 bits per heavy atom. The third kappa shape index (κ3) is 4.02. The van der Waals surface area contributed by atoms with E-state index in [0.29, 0.717) is 22.9 Å². The van der Waals surface area contributed by atoms with Crippen LogP contribution in [0.15, 0.2) is 73.1 Å². The fourth-order valence-corrected chi connectivity index (χ4v) is 3.18. The molecule has 0 radical (unpaired) electrons. The molecule has 0 aliphatic rings. The van der Waals surface area contributed by atoms with Crippen LogP contribution in [0.25, 0.3) is 16.9 Å². The SMILES string of the molecule is Cc1ccc(CNC(=O)c2nnn(-c3ccccc3Cl)c2-c2cccnc2)cc1. The van der Waals surface area contributed by atoms with Crippen LogP contribution in [0.5, 0.6) is 0 Å². The number of aryl methyl sites for hydroxylation is 1. The summed E-state index contributed by atoms with van der Waals surface area (Å²) in [5.74, 6) is -0.317. The molecule has 2 aromatic heterocycles. The lowest BCUT2D eigenvalue weighted by Gasteiger charge is -2.10. The van der Waals surface area contributed by atoms with Gasteiger partial charge in [-0.15, -0.1) is 5.10 Å². The number of rotatable bonds is 5. The maximum absolute atomic E-state index is 12.9. The van der Waals surface area contributed by atoms with Gasteiger partial charge in [-0.05, 0) is 36.8 Å². The molecule has 1 amide bonds. The Balaban J connectivity index is 1.70. The Hall–Kier alpha value is -3.51. The normalized spacial score (nSPS) is 10.7. The summed E-state index contributed by atoms with van der Waals surface area (Å²) in [5.41, 5.74) is 4.28. The topological polar surface area (TPSA) is 72.7 Å². The molecule has 0 bridgehead atoms. The average Bonchev–Trinajstić information content (AvgIpc) is 3.19. The highest BCUT2D eigenvalue weighted by atomic mass is 35.5. The van der Waals surface area contributed by atoms with Gasteiger partial charge in [0.15, 0.2) is 5.69 Å². The molecule has 7 heteroatoms. The van der Waals surface area contributed by atoms with Crippen molar-refractivity contribution in [1.29, 1.82) is 0 Å². The molecule has 0 unspecified atom stereocenters. The summed E-state index contributed by atoms with van der Waals surface area (Å²) < 4.78 is 1.57. The number of aromatic nitrogens is 4. The smallest absolute Gasteiger partial charge is 0.274 e. The van der Waals surface area contributed by atoms with Gasteiger partial charge in [-0.2, -0.15) is 0 Å². The van der Waals surface area contributed by atoms with Crippen LogP contribution < -0.4 is 5.32 Å². The van der Waals surface area contributed by atoms with E-state index in [4.69, 9.17) is 11.6 Å². The Morgan fingerprint density at radius 1 is 1.07 bits per heavy atom. The minimum absolute atomic E-state index is 0.213. The van der Waals surface area contributed by atoms with Gasteiger partial charge in [0.1, 0.15) is 5.69 Å². The van der Waals surface area contributed by atoms with Crippen LogP contribution in [0.2, 0.25) is 5.02 Å². The van der Waals surface area contributed by atoms with Gasteiger partial charge in [-0.3, -0.25) is 9.78 Å². The van der Waals surface area contributed by atoms with Crippen LogP contribution in [0, 0.1) is 6.92 Å². The van der Waals surface area contributed by atoms with Gasteiger partial charge >= 0.3 is 0 Å². The summed E-state index contributed by atoms with van der Waals surface area (Å²) in [7, 11) is 0. The molecule has 0 saturated carbocycles. The molecule has 0 atom stereocenters. The number of pyridine rings is 1. The molecule has 0 aliphatic carbocycles. The first-order valence-electron chi connectivity index (χ1n) is 9.08. The van der Waals surface area contributed by atoms with Crippen LogP contribution in [0.4, 0.5) is 0 Å². The summed E-state index contributed by atoms with van der Waals surface area (Å²) in [6.45, 7) is 2.42. The first kappa shape index (κ1) is 18.8. The molecule has 2 aromatic carbocycles. The zero-order valence-electron chi connectivity index (χ0n) is 15.7. The third-order valence-corrected chi connectivity index (χ3v) is 4.79. The van der Waals surface area contributed by atoms with E-state index in [0.717, 1.165) is 11.1 Å². The molecule has 0 aliphatic heterocycles. The number of halogens is 1. The van der Waals surface area contributed by atoms with Crippen molar-refractivity contribution in [3.63, 3.8) is 0 Å². The van der Waals surface area contributed by atoms with Crippen molar-refractivity contribution in [3.8, 4) is 16.9 Å². The maximum atomic E-state index is 12.9. The van der Waals surface area contributed by atoms with E-state index in [1.165, 1.54) is 5.56 Å². The Bertz CT molecular complexity index is 1140. The van der Waals surface area contributed by atoms with Crippen LogP contribution in [0.1, 0.15) is 21.6 Å². The minimum Gasteiger partial charge on any atom is -0.346 e. The molecule has 0 saturated heterocycles. The van der Waals surface area contributed by atoms with Gasteiger partial charge in [0.2, 0.25) is 0 Å². The van der Waals surface area contributed by atoms with Gasteiger partial charge in [-0.1, -0.05) is 58.8 Å². The van der Waals surface area contributed by atoms with Crippen molar-refractivity contribution in [3.05, 3.63) is 94.9 Å². The molecular formula is C22H18ClN5O. The summed E-state index contributed by atoms with van der Waals surface area (Å²) in [5, 5.41) is 11.8. The Morgan fingerprint density at radius 2 is 1.86 bits per heavy atom. The van der Waals surface area contributed by atoms with Crippen molar-refractivity contribution >= 4 is 17.5 Å². The zero-order chi connectivity index (χ0) is 20.2. The molecular weight excluding hydrogens is 386 g/mol. The van der Waals surface area contributed by atoms with E-state index in [1.807, 2.05) is 55.5 Å². The van der Waals surface area contributed by atoms with Crippen molar-refractivity contribution < 1.29 is 4.79 Å². The summed E-state index contributed by atoms with van der Waals surface area (Å²) in [6.07, 6.45) is 3.34. The van der Waals surface area contributed by atoms with Gasteiger partial charge < -0.3 is 5.32 Å². The highest BCUT2D eigenvalue weighted by Crippen LogP contribution is 2.28. The quantitative estimate of drug-likeness (QED) is 0.541. The maximum Gasteiger partial charge on any atom is 0.274 e. The third-order valence-electron chi connectivity index (χ3n) is 4.47. The lowest BCUT2D eigenvalue weighted by atomic mass is 10.1. The fraction of sp³-hybridized carbons (Fsp3) is 0.0909. The van der Waals surface area contributed by atoms with E-state index in [-0.39, 0.29) is 11.6 Å². The van der Waals surface area contributed by atoms with Crippen molar-refractivity contribution in [2.24, 2.45) is 0 Å². The Labute approximate surface area is 173 Å².